The van der Waals surface area contributed by atoms with Gasteiger partial charge in [0.05, 0.1) is 0 Å². The number of ether oxygens (including phenoxy) is 1. The van der Waals surface area contributed by atoms with Crippen molar-refractivity contribution in [1.82, 2.24) is 10.2 Å². The number of nitrogens with one attached hydrogen (secondary N) is 1. The van der Waals surface area contributed by atoms with Gasteiger partial charge in [0.25, 0.3) is 0 Å². The lowest BCUT2D eigenvalue weighted by Crippen LogP contribution is -2.35. The molecule has 3 nitrogen and oxygen atoms in total. The van der Waals surface area contributed by atoms with Crippen LogP contribution in [0.2, 0.25) is 0 Å². The van der Waals surface area contributed by atoms with Crippen molar-refractivity contribution in [3.8, 4) is 5.75 Å². The van der Waals surface area contributed by atoms with Gasteiger partial charge < -0.3 is 10.1 Å². The molecule has 1 aromatic carbocycles. The Morgan fingerprint density at radius 2 is 1.95 bits per heavy atom. The van der Waals surface area contributed by atoms with Gasteiger partial charge in [0, 0.05) is 18.6 Å². The minimum atomic E-state index is 0.145. The Morgan fingerprint density at radius 3 is 2.65 bits per heavy atom. The summed E-state index contributed by atoms with van der Waals surface area (Å²) in [5.41, 5.74) is 1.42. The van der Waals surface area contributed by atoms with E-state index in [9.17, 15) is 0 Å². The van der Waals surface area contributed by atoms with Crippen LogP contribution in [0.5, 0.6) is 5.75 Å². The maximum Gasteiger partial charge on any atom is 0.119 e. The monoisotopic (exact) mass is 276 g/mol. The van der Waals surface area contributed by atoms with Gasteiger partial charge in [-0.1, -0.05) is 12.1 Å². The van der Waals surface area contributed by atoms with E-state index >= 15 is 0 Å². The molecule has 0 amide bonds. The second kappa shape index (κ2) is 7.09. The van der Waals surface area contributed by atoms with Crippen LogP contribution >= 0.6 is 0 Å². The molecule has 0 aromatic heterocycles. The lowest BCUT2D eigenvalue weighted by molar-refractivity contribution is 0.237. The lowest BCUT2D eigenvalue weighted by atomic mass is 10.1. The maximum absolute atomic E-state index is 5.87. The molecule has 20 heavy (non-hydrogen) atoms. The first-order chi connectivity index (χ1) is 9.53. The first kappa shape index (κ1) is 15.3. The van der Waals surface area contributed by atoms with E-state index in [2.05, 4.69) is 49.2 Å². The van der Waals surface area contributed by atoms with Gasteiger partial charge in [-0.3, -0.25) is 4.90 Å². The van der Waals surface area contributed by atoms with Gasteiger partial charge in [0.15, 0.2) is 0 Å². The fraction of sp³-hybridized carbons (Fsp3) is 0.647. The van der Waals surface area contributed by atoms with Gasteiger partial charge in [-0.2, -0.15) is 0 Å². The van der Waals surface area contributed by atoms with E-state index in [1.54, 1.807) is 0 Å². The van der Waals surface area contributed by atoms with Crippen molar-refractivity contribution < 1.29 is 4.74 Å². The molecule has 1 saturated heterocycles. The predicted molar refractivity (Wildman–Crippen MR) is 84.2 cm³/mol. The van der Waals surface area contributed by atoms with Crippen molar-refractivity contribution in [2.75, 3.05) is 26.2 Å². The highest BCUT2D eigenvalue weighted by Crippen LogP contribution is 2.15. The van der Waals surface area contributed by atoms with Crippen molar-refractivity contribution in [3.63, 3.8) is 0 Å². The van der Waals surface area contributed by atoms with E-state index in [1.165, 1.54) is 31.5 Å². The molecule has 1 aliphatic heterocycles. The highest BCUT2D eigenvalue weighted by atomic mass is 16.5. The Kier molecular flexibility index (Phi) is 5.44. The molecule has 1 fully saturated rings. The summed E-state index contributed by atoms with van der Waals surface area (Å²) in [6.45, 7) is 11.7. The van der Waals surface area contributed by atoms with Crippen LogP contribution in [-0.2, 0) is 6.54 Å². The first-order valence-electron chi connectivity index (χ1n) is 7.72. The Labute approximate surface area is 123 Å². The predicted octanol–water partition coefficient (Wildman–Crippen LogP) is 3.05. The van der Waals surface area contributed by atoms with Crippen LogP contribution < -0.4 is 10.1 Å². The molecular formula is C17H28N2O. The second-order valence-electron chi connectivity index (χ2n) is 6.65. The van der Waals surface area contributed by atoms with Crippen LogP contribution in [0.1, 0.15) is 39.2 Å². The molecular weight excluding hydrogens is 248 g/mol. The van der Waals surface area contributed by atoms with Crippen LogP contribution in [-0.4, -0.2) is 36.7 Å². The summed E-state index contributed by atoms with van der Waals surface area (Å²) in [7, 11) is 0. The Bertz CT molecular complexity index is 406. The Hall–Kier alpha value is -1.06. The zero-order valence-corrected chi connectivity index (χ0v) is 13.1. The maximum atomic E-state index is 5.87. The Morgan fingerprint density at radius 1 is 1.20 bits per heavy atom. The molecule has 0 radical (unpaired) electrons. The van der Waals surface area contributed by atoms with Crippen LogP contribution in [0.4, 0.5) is 0 Å². The topological polar surface area (TPSA) is 24.5 Å². The second-order valence-corrected chi connectivity index (χ2v) is 6.65. The average molecular weight is 276 g/mol. The molecule has 2 rings (SSSR count). The van der Waals surface area contributed by atoms with Gasteiger partial charge in [-0.15, -0.1) is 0 Å². The molecule has 3 heteroatoms. The van der Waals surface area contributed by atoms with Gasteiger partial charge in [-0.05, 0) is 64.4 Å². The number of nitrogens with zero attached hydrogens (tertiary/aromatic N) is 1. The number of benzene rings is 1. The fourth-order valence-electron chi connectivity index (χ4n) is 2.41. The number of hydrogen-bond acceptors (Lipinski definition) is 3. The third-order valence-corrected chi connectivity index (χ3v) is 3.60. The normalized spacial score (nSPS) is 16.6. The summed E-state index contributed by atoms with van der Waals surface area (Å²) in [6.07, 6.45) is 2.68. The third kappa shape index (κ3) is 5.51. The van der Waals surface area contributed by atoms with E-state index in [-0.39, 0.29) is 5.54 Å². The van der Waals surface area contributed by atoms with Crippen molar-refractivity contribution >= 4 is 0 Å². The molecule has 0 atom stereocenters. The number of hydrogen-bond donors (Lipinski definition) is 1. The van der Waals surface area contributed by atoms with Crippen molar-refractivity contribution in [1.29, 1.82) is 0 Å². The SMILES string of the molecule is CC(C)(C)NCc1cccc(OCCN2CCCC2)c1. The van der Waals surface area contributed by atoms with E-state index in [0.29, 0.717) is 0 Å². The minimum absolute atomic E-state index is 0.145. The van der Waals surface area contributed by atoms with Gasteiger partial charge in [0.2, 0.25) is 0 Å². The smallest absolute Gasteiger partial charge is 0.119 e. The first-order valence-corrected chi connectivity index (χ1v) is 7.72. The molecule has 1 heterocycles. The standard InChI is InChI=1S/C17H28N2O/c1-17(2,3)18-14-15-7-6-8-16(13-15)20-12-11-19-9-4-5-10-19/h6-8,13,18H,4-5,9-12,14H2,1-3H3. The summed E-state index contributed by atoms with van der Waals surface area (Å²) in [5.74, 6) is 0.984. The summed E-state index contributed by atoms with van der Waals surface area (Å²) in [6, 6.07) is 8.41. The quantitative estimate of drug-likeness (QED) is 0.864. The van der Waals surface area contributed by atoms with Crippen LogP contribution in [0, 0.1) is 0 Å². The Balaban J connectivity index is 1.76. The summed E-state index contributed by atoms with van der Waals surface area (Å²) in [4.78, 5) is 2.48. The van der Waals surface area contributed by atoms with Crippen LogP contribution in [0.3, 0.4) is 0 Å². The zero-order chi connectivity index (χ0) is 14.4. The number of rotatable bonds is 6. The van der Waals surface area contributed by atoms with Crippen LogP contribution in [0.25, 0.3) is 0 Å². The van der Waals surface area contributed by atoms with Gasteiger partial charge in [-0.25, -0.2) is 0 Å². The molecule has 0 unspecified atom stereocenters. The minimum Gasteiger partial charge on any atom is -0.492 e. The summed E-state index contributed by atoms with van der Waals surface area (Å²) in [5, 5.41) is 3.50. The molecule has 1 aliphatic rings. The summed E-state index contributed by atoms with van der Waals surface area (Å²) < 4.78 is 5.87. The molecule has 0 bridgehead atoms. The number of likely N-dealkylation sites (tertiary alicyclic amines) is 1. The molecule has 0 spiro atoms. The van der Waals surface area contributed by atoms with E-state index in [4.69, 9.17) is 4.74 Å². The van der Waals surface area contributed by atoms with Crippen molar-refractivity contribution in [2.24, 2.45) is 0 Å². The van der Waals surface area contributed by atoms with E-state index in [0.717, 1.165) is 25.4 Å². The fourth-order valence-corrected chi connectivity index (χ4v) is 2.41. The van der Waals surface area contributed by atoms with E-state index < -0.39 is 0 Å². The summed E-state index contributed by atoms with van der Waals surface area (Å²) >= 11 is 0. The highest BCUT2D eigenvalue weighted by molar-refractivity contribution is 5.28. The average Bonchev–Trinajstić information content (AvgIpc) is 2.89. The van der Waals surface area contributed by atoms with Gasteiger partial charge >= 0.3 is 0 Å². The molecule has 1 N–H and O–H groups in total. The lowest BCUT2D eigenvalue weighted by Gasteiger charge is -2.21. The largest absolute Gasteiger partial charge is 0.492 e. The molecule has 1 aromatic rings. The van der Waals surface area contributed by atoms with Crippen LogP contribution in [0.15, 0.2) is 24.3 Å². The van der Waals surface area contributed by atoms with Crippen molar-refractivity contribution in [2.45, 2.75) is 45.7 Å². The highest BCUT2D eigenvalue weighted by Gasteiger charge is 2.11. The third-order valence-electron chi connectivity index (χ3n) is 3.60. The zero-order valence-electron chi connectivity index (χ0n) is 13.1. The molecule has 0 saturated carbocycles. The van der Waals surface area contributed by atoms with Gasteiger partial charge in [0.1, 0.15) is 12.4 Å². The molecule has 112 valence electrons. The molecule has 0 aliphatic carbocycles. The van der Waals surface area contributed by atoms with Crippen molar-refractivity contribution in [3.05, 3.63) is 29.8 Å². The van der Waals surface area contributed by atoms with E-state index in [1.807, 2.05) is 6.07 Å².